The second-order valence-corrected chi connectivity index (χ2v) is 10.5. The van der Waals surface area contributed by atoms with Gasteiger partial charge in [0.05, 0.1) is 11.3 Å². The molecule has 0 fully saturated rings. The van der Waals surface area contributed by atoms with Gasteiger partial charge >= 0.3 is 0 Å². The second-order valence-electron chi connectivity index (χ2n) is 10.5. The number of oxazole rings is 1. The molecule has 1 N–H and O–H groups in total. The molecule has 186 valence electrons. The van der Waals surface area contributed by atoms with Crippen LogP contribution in [0.2, 0.25) is 0 Å². The predicted octanol–water partition coefficient (Wildman–Crippen LogP) is 8.89. The van der Waals surface area contributed by atoms with E-state index in [0.717, 1.165) is 44.6 Å². The molecule has 0 amide bonds. The van der Waals surface area contributed by atoms with E-state index in [2.05, 4.69) is 80.4 Å². The fraction of sp³-hybridized carbons (Fsp3) is 0.118. The third kappa shape index (κ3) is 4.46. The van der Waals surface area contributed by atoms with Gasteiger partial charge in [-0.1, -0.05) is 69.3 Å². The number of hydrogen-bond donors (Lipinski definition) is 1. The maximum atomic E-state index is 10.5. The summed E-state index contributed by atoms with van der Waals surface area (Å²) in [5, 5.41) is 10.5. The number of aromatic nitrogens is 2. The Hall–Kier alpha value is -4.70. The molecule has 0 spiro atoms. The van der Waals surface area contributed by atoms with Crippen LogP contribution < -0.4 is 0 Å². The lowest BCUT2D eigenvalue weighted by atomic mass is 9.84. The average molecular weight is 497 g/mol. The summed E-state index contributed by atoms with van der Waals surface area (Å²) >= 11 is 0. The molecule has 4 heteroatoms. The second kappa shape index (κ2) is 9.31. The largest absolute Gasteiger partial charge is 0.507 e. The summed E-state index contributed by atoms with van der Waals surface area (Å²) in [4.78, 5) is 9.54. The Balaban J connectivity index is 1.64. The molecule has 6 aromatic rings. The summed E-state index contributed by atoms with van der Waals surface area (Å²) < 4.78 is 6.28. The van der Waals surface area contributed by atoms with Gasteiger partial charge < -0.3 is 9.52 Å². The Morgan fingerprint density at radius 2 is 1.37 bits per heavy atom. The average Bonchev–Trinajstić information content (AvgIpc) is 3.37. The van der Waals surface area contributed by atoms with Crippen LogP contribution in [0.4, 0.5) is 0 Å². The van der Waals surface area contributed by atoms with Gasteiger partial charge in [-0.05, 0) is 82.3 Å². The number of pyridine rings is 1. The number of rotatable bonds is 4. The van der Waals surface area contributed by atoms with Crippen LogP contribution in [0, 0.1) is 0 Å². The zero-order valence-corrected chi connectivity index (χ0v) is 21.6. The fourth-order valence-electron chi connectivity index (χ4n) is 4.71. The van der Waals surface area contributed by atoms with E-state index in [0.29, 0.717) is 17.0 Å². The standard InChI is InChI=1S/C34H28N2O2/c1-34(2,3)26-20-28(32-31(21-26)38-33(36-32)27-13-7-8-15-30(27)37)24-17-23(22-11-5-4-6-12-22)18-25(19-24)29-14-9-10-16-35-29/h4-21,37H,1-3H3. The van der Waals surface area contributed by atoms with E-state index in [1.807, 2.05) is 42.6 Å². The summed E-state index contributed by atoms with van der Waals surface area (Å²) in [6.45, 7) is 6.58. The number of phenolic OH excluding ortho intramolecular Hbond substituents is 1. The lowest BCUT2D eigenvalue weighted by Crippen LogP contribution is -2.11. The van der Waals surface area contributed by atoms with Crippen molar-refractivity contribution in [2.24, 2.45) is 0 Å². The van der Waals surface area contributed by atoms with E-state index in [9.17, 15) is 5.11 Å². The SMILES string of the molecule is CC(C)(C)c1cc(-c2cc(-c3ccccc3)cc(-c3ccccn3)c2)c2nc(-c3ccccc3O)oc2c1. The van der Waals surface area contributed by atoms with Crippen molar-refractivity contribution in [2.75, 3.05) is 0 Å². The minimum Gasteiger partial charge on any atom is -0.507 e. The van der Waals surface area contributed by atoms with Crippen LogP contribution in [0.1, 0.15) is 26.3 Å². The summed E-state index contributed by atoms with van der Waals surface area (Å²) in [5.41, 5.74) is 9.23. The van der Waals surface area contributed by atoms with E-state index in [-0.39, 0.29) is 11.2 Å². The maximum Gasteiger partial charge on any atom is 0.231 e. The zero-order chi connectivity index (χ0) is 26.3. The quantitative estimate of drug-likeness (QED) is 0.265. The monoisotopic (exact) mass is 496 g/mol. The van der Waals surface area contributed by atoms with E-state index in [1.54, 1.807) is 12.1 Å². The van der Waals surface area contributed by atoms with E-state index in [1.165, 1.54) is 0 Å². The van der Waals surface area contributed by atoms with Gasteiger partial charge in [0.2, 0.25) is 5.89 Å². The molecule has 38 heavy (non-hydrogen) atoms. The van der Waals surface area contributed by atoms with Gasteiger partial charge in [0, 0.05) is 17.3 Å². The van der Waals surface area contributed by atoms with Crippen LogP contribution in [-0.2, 0) is 5.41 Å². The lowest BCUT2D eigenvalue weighted by Gasteiger charge is -2.20. The number of para-hydroxylation sites is 1. The van der Waals surface area contributed by atoms with Crippen molar-refractivity contribution in [1.82, 2.24) is 9.97 Å². The van der Waals surface area contributed by atoms with Gasteiger partial charge in [-0.3, -0.25) is 4.98 Å². The first kappa shape index (κ1) is 23.7. The molecule has 0 atom stereocenters. The zero-order valence-electron chi connectivity index (χ0n) is 21.6. The van der Waals surface area contributed by atoms with Crippen molar-refractivity contribution in [3.8, 4) is 50.7 Å². The van der Waals surface area contributed by atoms with Crippen LogP contribution in [-0.4, -0.2) is 15.1 Å². The topological polar surface area (TPSA) is 59.2 Å². The highest BCUT2D eigenvalue weighted by Crippen LogP contribution is 2.40. The number of benzene rings is 4. The van der Waals surface area contributed by atoms with Crippen LogP contribution in [0.3, 0.4) is 0 Å². The molecule has 0 bridgehead atoms. The molecule has 2 aromatic heterocycles. The maximum absolute atomic E-state index is 10.5. The van der Waals surface area contributed by atoms with E-state index in [4.69, 9.17) is 9.40 Å². The Morgan fingerprint density at radius 3 is 2.11 bits per heavy atom. The molecular weight excluding hydrogens is 468 g/mol. The summed E-state index contributed by atoms with van der Waals surface area (Å²) in [6.07, 6.45) is 1.82. The van der Waals surface area contributed by atoms with Gasteiger partial charge in [-0.15, -0.1) is 0 Å². The Labute approximate surface area is 222 Å². The Bertz CT molecular complexity index is 1690. The van der Waals surface area contributed by atoms with E-state index < -0.39 is 0 Å². The minimum absolute atomic E-state index is 0.106. The molecule has 0 aliphatic heterocycles. The molecule has 6 rings (SSSR count). The molecule has 2 heterocycles. The molecule has 0 radical (unpaired) electrons. The molecule has 0 aliphatic rings. The molecule has 0 saturated heterocycles. The summed E-state index contributed by atoms with van der Waals surface area (Å²) in [6, 6.07) is 34.3. The van der Waals surface area contributed by atoms with Crippen LogP contribution in [0.25, 0.3) is 56.1 Å². The van der Waals surface area contributed by atoms with Crippen molar-refractivity contribution >= 4 is 11.1 Å². The van der Waals surface area contributed by atoms with Crippen LogP contribution in [0.5, 0.6) is 5.75 Å². The molecule has 0 unspecified atom stereocenters. The minimum atomic E-state index is -0.106. The number of aromatic hydroxyl groups is 1. The normalized spacial score (nSPS) is 11.7. The third-order valence-corrected chi connectivity index (χ3v) is 6.81. The van der Waals surface area contributed by atoms with Crippen molar-refractivity contribution in [3.63, 3.8) is 0 Å². The first-order valence-electron chi connectivity index (χ1n) is 12.7. The molecule has 0 aliphatic carbocycles. The first-order chi connectivity index (χ1) is 18.4. The number of hydrogen-bond acceptors (Lipinski definition) is 4. The van der Waals surface area contributed by atoms with Crippen molar-refractivity contribution in [2.45, 2.75) is 26.2 Å². The smallest absolute Gasteiger partial charge is 0.231 e. The van der Waals surface area contributed by atoms with Gasteiger partial charge in [-0.2, -0.15) is 0 Å². The number of nitrogens with zero attached hydrogens (tertiary/aromatic N) is 2. The lowest BCUT2D eigenvalue weighted by molar-refractivity contribution is 0.474. The third-order valence-electron chi connectivity index (χ3n) is 6.81. The van der Waals surface area contributed by atoms with Crippen molar-refractivity contribution < 1.29 is 9.52 Å². The first-order valence-corrected chi connectivity index (χ1v) is 12.7. The molecule has 0 saturated carbocycles. The van der Waals surface area contributed by atoms with E-state index >= 15 is 0 Å². The molecular formula is C34H28N2O2. The molecule has 4 nitrogen and oxygen atoms in total. The summed E-state index contributed by atoms with van der Waals surface area (Å²) in [7, 11) is 0. The van der Waals surface area contributed by atoms with Crippen molar-refractivity contribution in [3.05, 3.63) is 115 Å². The Kier molecular flexibility index (Phi) is 5.80. The highest BCUT2D eigenvalue weighted by molar-refractivity contribution is 5.95. The van der Waals surface area contributed by atoms with Gasteiger partial charge in [0.15, 0.2) is 5.58 Å². The summed E-state index contributed by atoms with van der Waals surface area (Å²) in [5.74, 6) is 0.537. The Morgan fingerprint density at radius 1 is 0.658 bits per heavy atom. The predicted molar refractivity (Wildman–Crippen MR) is 154 cm³/mol. The van der Waals surface area contributed by atoms with Gasteiger partial charge in [0.1, 0.15) is 11.3 Å². The highest BCUT2D eigenvalue weighted by Gasteiger charge is 2.22. The fourth-order valence-corrected chi connectivity index (χ4v) is 4.71. The van der Waals surface area contributed by atoms with Crippen LogP contribution in [0.15, 0.2) is 114 Å². The van der Waals surface area contributed by atoms with Crippen molar-refractivity contribution in [1.29, 1.82) is 0 Å². The molecule has 4 aromatic carbocycles. The van der Waals surface area contributed by atoms with Gasteiger partial charge in [-0.25, -0.2) is 4.98 Å². The number of phenols is 1. The van der Waals surface area contributed by atoms with Crippen LogP contribution >= 0.6 is 0 Å². The number of fused-ring (bicyclic) bond motifs is 1. The highest BCUT2D eigenvalue weighted by atomic mass is 16.3. The van der Waals surface area contributed by atoms with Gasteiger partial charge in [0.25, 0.3) is 0 Å².